The molecule has 0 aliphatic heterocycles. The first-order valence-corrected chi connectivity index (χ1v) is 10.9. The number of anilines is 1. The molecule has 0 radical (unpaired) electrons. The highest BCUT2D eigenvalue weighted by atomic mass is 32.2. The van der Waals surface area contributed by atoms with Crippen LogP contribution in [0.4, 0.5) is 5.69 Å². The van der Waals surface area contributed by atoms with Crippen molar-refractivity contribution in [3.05, 3.63) is 59.7 Å². The number of nitrogens with zero attached hydrogens (tertiary/aromatic N) is 5. The maximum absolute atomic E-state index is 13.1. The summed E-state index contributed by atoms with van der Waals surface area (Å²) in [6.07, 6.45) is 0.284. The topological polar surface area (TPSA) is 74.8 Å². The van der Waals surface area contributed by atoms with Crippen molar-refractivity contribution in [2.45, 2.75) is 38.9 Å². The number of carbonyl (C=O) groups excluding carboxylic acids is 1. The molecule has 0 bridgehead atoms. The average Bonchev–Trinajstić information content (AvgIpc) is 3.15. The molecule has 0 saturated carbocycles. The SMILES string of the molecule is CCn1c(SCC(=O)N(CCC#N)c2cc(C)cc(C)c2)nnc1-c1ccccc1. The van der Waals surface area contributed by atoms with Gasteiger partial charge in [-0.25, -0.2) is 0 Å². The number of aryl methyl sites for hydroxylation is 2. The van der Waals surface area contributed by atoms with E-state index < -0.39 is 0 Å². The van der Waals surface area contributed by atoms with Crippen molar-refractivity contribution in [2.24, 2.45) is 0 Å². The van der Waals surface area contributed by atoms with Crippen molar-refractivity contribution in [3.8, 4) is 17.5 Å². The van der Waals surface area contributed by atoms with Gasteiger partial charge in [-0.1, -0.05) is 48.2 Å². The first-order valence-electron chi connectivity index (χ1n) is 9.90. The van der Waals surface area contributed by atoms with Crippen LogP contribution >= 0.6 is 11.8 Å². The van der Waals surface area contributed by atoms with E-state index in [4.69, 9.17) is 5.26 Å². The molecule has 1 aromatic heterocycles. The quantitative estimate of drug-likeness (QED) is 0.498. The minimum atomic E-state index is -0.0489. The molecule has 0 aliphatic rings. The molecule has 0 fully saturated rings. The third kappa shape index (κ3) is 5.08. The number of benzene rings is 2. The van der Waals surface area contributed by atoms with Gasteiger partial charge in [0.2, 0.25) is 5.91 Å². The van der Waals surface area contributed by atoms with Gasteiger partial charge in [0.15, 0.2) is 11.0 Å². The molecule has 0 saturated heterocycles. The molecule has 154 valence electrons. The van der Waals surface area contributed by atoms with E-state index in [2.05, 4.69) is 22.3 Å². The number of amides is 1. The summed E-state index contributed by atoms with van der Waals surface area (Å²) >= 11 is 1.38. The fourth-order valence-corrected chi connectivity index (χ4v) is 4.23. The van der Waals surface area contributed by atoms with E-state index in [0.29, 0.717) is 18.2 Å². The summed E-state index contributed by atoms with van der Waals surface area (Å²) in [7, 11) is 0. The molecule has 1 amide bonds. The molecule has 0 unspecified atom stereocenters. The summed E-state index contributed by atoms with van der Waals surface area (Å²) in [4.78, 5) is 14.8. The lowest BCUT2D eigenvalue weighted by Gasteiger charge is -2.22. The lowest BCUT2D eigenvalue weighted by atomic mass is 10.1. The molecule has 3 rings (SSSR count). The number of nitriles is 1. The lowest BCUT2D eigenvalue weighted by molar-refractivity contribution is -0.116. The van der Waals surface area contributed by atoms with Crippen molar-refractivity contribution in [2.75, 3.05) is 17.2 Å². The Hall–Kier alpha value is -3.11. The van der Waals surface area contributed by atoms with Crippen LogP contribution in [-0.2, 0) is 11.3 Å². The smallest absolute Gasteiger partial charge is 0.237 e. The maximum Gasteiger partial charge on any atom is 0.237 e. The van der Waals surface area contributed by atoms with Gasteiger partial charge in [0, 0.05) is 24.3 Å². The van der Waals surface area contributed by atoms with E-state index >= 15 is 0 Å². The Morgan fingerprint density at radius 2 is 1.83 bits per heavy atom. The number of carbonyl (C=O) groups is 1. The number of aromatic nitrogens is 3. The summed E-state index contributed by atoms with van der Waals surface area (Å²) in [6.45, 7) is 7.13. The van der Waals surface area contributed by atoms with Gasteiger partial charge in [0.25, 0.3) is 0 Å². The third-order valence-electron chi connectivity index (χ3n) is 4.66. The molecule has 3 aromatic rings. The second kappa shape index (κ2) is 10.1. The predicted octanol–water partition coefficient (Wildman–Crippen LogP) is 4.62. The molecule has 0 atom stereocenters. The number of thioether (sulfide) groups is 1. The normalized spacial score (nSPS) is 10.6. The minimum absolute atomic E-state index is 0.0489. The Labute approximate surface area is 181 Å². The van der Waals surface area contributed by atoms with E-state index in [1.165, 1.54) is 11.8 Å². The van der Waals surface area contributed by atoms with Crippen LogP contribution in [0, 0.1) is 25.2 Å². The number of rotatable bonds is 8. The molecule has 6 nitrogen and oxygen atoms in total. The standard InChI is InChI=1S/C23H25N5OS/c1-4-27-22(19-9-6-5-7-10-19)25-26-23(27)30-16-21(29)28(12-8-11-24)20-14-17(2)13-18(3)15-20/h5-7,9-10,13-15H,4,8,12,16H2,1-3H3. The van der Waals surface area contributed by atoms with Crippen LogP contribution in [0.5, 0.6) is 0 Å². The molecular weight excluding hydrogens is 394 g/mol. The lowest BCUT2D eigenvalue weighted by Crippen LogP contribution is -2.33. The van der Waals surface area contributed by atoms with Gasteiger partial charge in [0.05, 0.1) is 18.2 Å². The van der Waals surface area contributed by atoms with Gasteiger partial charge >= 0.3 is 0 Å². The zero-order chi connectivity index (χ0) is 21.5. The molecular formula is C23H25N5OS. The van der Waals surface area contributed by atoms with Crippen molar-refractivity contribution < 1.29 is 4.79 Å². The highest BCUT2D eigenvalue weighted by molar-refractivity contribution is 7.99. The Morgan fingerprint density at radius 1 is 1.13 bits per heavy atom. The van der Waals surface area contributed by atoms with Crippen LogP contribution in [0.2, 0.25) is 0 Å². The molecule has 7 heteroatoms. The second-order valence-electron chi connectivity index (χ2n) is 7.00. The zero-order valence-corrected chi connectivity index (χ0v) is 18.3. The van der Waals surface area contributed by atoms with Crippen LogP contribution in [0.25, 0.3) is 11.4 Å². The van der Waals surface area contributed by atoms with Crippen molar-refractivity contribution in [3.63, 3.8) is 0 Å². The molecule has 0 aliphatic carbocycles. The van der Waals surface area contributed by atoms with Gasteiger partial charge in [0.1, 0.15) is 0 Å². The van der Waals surface area contributed by atoms with Gasteiger partial charge in [-0.2, -0.15) is 5.26 Å². The van der Waals surface area contributed by atoms with Gasteiger partial charge in [-0.05, 0) is 44.0 Å². The second-order valence-corrected chi connectivity index (χ2v) is 7.95. The van der Waals surface area contributed by atoms with Gasteiger partial charge in [-0.3, -0.25) is 4.79 Å². The fraction of sp³-hybridized carbons (Fsp3) is 0.304. The van der Waals surface area contributed by atoms with E-state index in [-0.39, 0.29) is 18.1 Å². The van der Waals surface area contributed by atoms with Gasteiger partial charge in [-0.15, -0.1) is 10.2 Å². The summed E-state index contributed by atoms with van der Waals surface area (Å²) in [5.41, 5.74) is 4.00. The minimum Gasteiger partial charge on any atom is -0.311 e. The average molecular weight is 420 g/mol. The van der Waals surface area contributed by atoms with E-state index in [1.54, 1.807) is 4.90 Å². The first-order chi connectivity index (χ1) is 14.5. The molecule has 1 heterocycles. The summed E-state index contributed by atoms with van der Waals surface area (Å²) in [5, 5.41) is 18.4. The van der Waals surface area contributed by atoms with Crippen LogP contribution in [-0.4, -0.2) is 33.0 Å². The van der Waals surface area contributed by atoms with E-state index in [1.807, 2.05) is 67.8 Å². The Balaban J connectivity index is 1.79. The van der Waals surface area contributed by atoms with Gasteiger partial charge < -0.3 is 9.47 Å². The zero-order valence-electron chi connectivity index (χ0n) is 17.5. The monoisotopic (exact) mass is 419 g/mol. The largest absolute Gasteiger partial charge is 0.311 e. The summed E-state index contributed by atoms with van der Waals surface area (Å²) < 4.78 is 2.02. The van der Waals surface area contributed by atoms with E-state index in [9.17, 15) is 4.79 Å². The molecule has 0 N–H and O–H groups in total. The van der Waals surface area contributed by atoms with Crippen molar-refractivity contribution in [1.82, 2.24) is 14.8 Å². The number of hydrogen-bond donors (Lipinski definition) is 0. The van der Waals surface area contributed by atoms with Crippen LogP contribution in [0.1, 0.15) is 24.5 Å². The highest BCUT2D eigenvalue weighted by Crippen LogP contribution is 2.25. The summed E-state index contributed by atoms with van der Waals surface area (Å²) in [6, 6.07) is 18.1. The predicted molar refractivity (Wildman–Crippen MR) is 120 cm³/mol. The molecule has 0 spiro atoms. The number of hydrogen-bond acceptors (Lipinski definition) is 5. The Kier molecular flexibility index (Phi) is 7.26. The maximum atomic E-state index is 13.1. The van der Waals surface area contributed by atoms with Crippen LogP contribution in [0.15, 0.2) is 53.7 Å². The fourth-order valence-electron chi connectivity index (χ4n) is 3.35. The van der Waals surface area contributed by atoms with Crippen molar-refractivity contribution >= 4 is 23.4 Å². The Morgan fingerprint density at radius 3 is 2.47 bits per heavy atom. The van der Waals surface area contributed by atoms with E-state index in [0.717, 1.165) is 28.2 Å². The van der Waals surface area contributed by atoms with Crippen molar-refractivity contribution in [1.29, 1.82) is 5.26 Å². The molecule has 30 heavy (non-hydrogen) atoms. The van der Waals surface area contributed by atoms with Crippen LogP contribution in [0.3, 0.4) is 0 Å². The highest BCUT2D eigenvalue weighted by Gasteiger charge is 2.19. The van der Waals surface area contributed by atoms with Crippen LogP contribution < -0.4 is 4.90 Å². The first kappa shape index (κ1) is 21.6. The summed E-state index contributed by atoms with van der Waals surface area (Å²) in [5.74, 6) is 0.974. The Bertz CT molecular complexity index is 1030. The molecule has 2 aromatic carbocycles. The third-order valence-corrected chi connectivity index (χ3v) is 5.61.